The highest BCUT2D eigenvalue weighted by Crippen LogP contribution is 2.36. The second-order valence-electron chi connectivity index (χ2n) is 8.55. The normalized spacial score (nSPS) is 16.1. The van der Waals surface area contributed by atoms with Crippen molar-refractivity contribution in [1.82, 2.24) is 19.7 Å². The van der Waals surface area contributed by atoms with E-state index < -0.39 is 17.2 Å². The molecular weight excluding hydrogens is 413 g/mol. The number of Topliss-reactive ketones (excluding diaryl/α,β-unsaturated/α-hetero) is 1. The molecule has 0 unspecified atom stereocenters. The lowest BCUT2D eigenvalue weighted by atomic mass is 9.92. The molecule has 0 aliphatic carbocycles. The van der Waals surface area contributed by atoms with E-state index in [1.54, 1.807) is 6.07 Å². The van der Waals surface area contributed by atoms with Crippen LogP contribution in [0.4, 0.5) is 13.2 Å². The number of alkyl halides is 3. The molecule has 164 valence electrons. The highest BCUT2D eigenvalue weighted by Gasteiger charge is 2.35. The molecule has 3 rings (SSSR count). The summed E-state index contributed by atoms with van der Waals surface area (Å²) in [4.78, 5) is 14.6. The van der Waals surface area contributed by atoms with E-state index in [2.05, 4.69) is 15.1 Å². The number of ketones is 1. The highest BCUT2D eigenvalue weighted by atomic mass is 32.2. The lowest BCUT2D eigenvalue weighted by Crippen LogP contribution is -2.30. The molecule has 0 saturated carbocycles. The minimum atomic E-state index is -4.51. The van der Waals surface area contributed by atoms with Crippen LogP contribution in [0, 0.1) is 5.41 Å². The summed E-state index contributed by atoms with van der Waals surface area (Å²) in [5, 5.41) is 8.69. The Morgan fingerprint density at radius 1 is 1.07 bits per heavy atom. The molecule has 0 radical (unpaired) electrons. The van der Waals surface area contributed by atoms with Crippen molar-refractivity contribution in [1.29, 1.82) is 0 Å². The summed E-state index contributed by atoms with van der Waals surface area (Å²) in [5.41, 5.74) is -1.28. The number of hydrogen-bond acceptors (Lipinski definition) is 5. The van der Waals surface area contributed by atoms with Crippen molar-refractivity contribution in [3.05, 3.63) is 35.7 Å². The van der Waals surface area contributed by atoms with Gasteiger partial charge in [-0.15, -0.1) is 10.2 Å². The van der Waals surface area contributed by atoms with E-state index in [1.165, 1.54) is 16.7 Å². The molecule has 1 fully saturated rings. The zero-order chi connectivity index (χ0) is 21.9. The third-order valence-corrected chi connectivity index (χ3v) is 6.06. The highest BCUT2D eigenvalue weighted by molar-refractivity contribution is 7.99. The van der Waals surface area contributed by atoms with Gasteiger partial charge in [0.15, 0.2) is 11.0 Å². The molecular formula is C21H27F3N4OS. The second kappa shape index (κ2) is 9.09. The molecule has 1 aromatic carbocycles. The maximum atomic E-state index is 13.7. The molecule has 1 aliphatic rings. The standard InChI is InChI=1S/C21H27F3N4OS/c1-20(2,3)17(29)14-30-19-26-25-18(13-27-11-7-4-8-12-27)28(19)16-10-6-5-9-15(16)21(22,23)24/h5-6,9-10H,4,7-8,11-14H2,1-3H3. The number of carbonyl (C=O) groups is 1. The first-order valence-corrected chi connectivity index (χ1v) is 11.1. The number of para-hydroxylation sites is 1. The van der Waals surface area contributed by atoms with Gasteiger partial charge in [0, 0.05) is 5.41 Å². The van der Waals surface area contributed by atoms with Crippen LogP contribution >= 0.6 is 11.8 Å². The van der Waals surface area contributed by atoms with E-state index in [1.807, 2.05) is 20.8 Å². The number of aromatic nitrogens is 3. The fraction of sp³-hybridized carbons (Fsp3) is 0.571. The second-order valence-corrected chi connectivity index (χ2v) is 9.49. The summed E-state index contributed by atoms with van der Waals surface area (Å²) in [5.74, 6) is 0.586. The average molecular weight is 441 g/mol. The molecule has 0 N–H and O–H groups in total. The number of nitrogens with zero attached hydrogens (tertiary/aromatic N) is 4. The molecule has 5 nitrogen and oxygen atoms in total. The Bertz CT molecular complexity index is 883. The van der Waals surface area contributed by atoms with E-state index in [9.17, 15) is 18.0 Å². The van der Waals surface area contributed by atoms with Crippen molar-refractivity contribution in [3.63, 3.8) is 0 Å². The van der Waals surface area contributed by atoms with Gasteiger partial charge in [-0.1, -0.05) is 51.1 Å². The van der Waals surface area contributed by atoms with Gasteiger partial charge in [0.05, 0.1) is 23.5 Å². The third kappa shape index (κ3) is 5.43. The van der Waals surface area contributed by atoms with Gasteiger partial charge in [0.1, 0.15) is 5.78 Å². The van der Waals surface area contributed by atoms with Crippen LogP contribution in [0.3, 0.4) is 0 Å². The summed E-state index contributed by atoms with van der Waals surface area (Å²) in [6.07, 6.45) is -1.22. The van der Waals surface area contributed by atoms with Gasteiger partial charge in [-0.3, -0.25) is 14.3 Å². The fourth-order valence-corrected chi connectivity index (χ4v) is 4.44. The molecule has 30 heavy (non-hydrogen) atoms. The van der Waals surface area contributed by atoms with E-state index in [0.29, 0.717) is 17.5 Å². The van der Waals surface area contributed by atoms with Crippen molar-refractivity contribution in [2.75, 3.05) is 18.8 Å². The number of thioether (sulfide) groups is 1. The summed E-state index contributed by atoms with van der Waals surface area (Å²) >= 11 is 1.13. The molecule has 0 amide bonds. The van der Waals surface area contributed by atoms with Crippen LogP contribution in [-0.4, -0.2) is 44.3 Å². The molecule has 9 heteroatoms. The zero-order valence-electron chi connectivity index (χ0n) is 17.5. The summed E-state index contributed by atoms with van der Waals surface area (Å²) in [6, 6.07) is 5.44. The largest absolute Gasteiger partial charge is 0.418 e. The van der Waals surface area contributed by atoms with E-state index in [0.717, 1.165) is 50.2 Å². The minimum absolute atomic E-state index is 0.00346. The Hall–Kier alpha value is -1.87. The summed E-state index contributed by atoms with van der Waals surface area (Å²) < 4.78 is 42.6. The van der Waals surface area contributed by atoms with E-state index >= 15 is 0 Å². The first kappa shape index (κ1) is 22.8. The van der Waals surface area contributed by atoms with E-state index in [4.69, 9.17) is 0 Å². The smallest absolute Gasteiger partial charge is 0.298 e. The molecule has 1 aromatic heterocycles. The van der Waals surface area contributed by atoms with Gasteiger partial charge in [-0.05, 0) is 38.1 Å². The van der Waals surface area contributed by atoms with Gasteiger partial charge >= 0.3 is 6.18 Å². The SMILES string of the molecule is CC(C)(C)C(=O)CSc1nnc(CN2CCCCC2)n1-c1ccccc1C(F)(F)F. The minimum Gasteiger partial charge on any atom is -0.298 e. The predicted molar refractivity (Wildman–Crippen MR) is 111 cm³/mol. The summed E-state index contributed by atoms with van der Waals surface area (Å²) in [7, 11) is 0. The average Bonchev–Trinajstić information content (AvgIpc) is 3.07. The van der Waals surface area contributed by atoms with Crippen LogP contribution in [0.25, 0.3) is 5.69 Å². The molecule has 1 saturated heterocycles. The maximum absolute atomic E-state index is 13.7. The van der Waals surface area contributed by atoms with Crippen molar-refractivity contribution in [2.45, 2.75) is 57.9 Å². The van der Waals surface area contributed by atoms with E-state index in [-0.39, 0.29) is 17.2 Å². The Labute approximate surface area is 179 Å². The van der Waals surface area contributed by atoms with Crippen LogP contribution < -0.4 is 0 Å². The quantitative estimate of drug-likeness (QED) is 0.593. The van der Waals surface area contributed by atoms with Crippen LogP contribution in [0.5, 0.6) is 0 Å². The number of likely N-dealkylation sites (tertiary alicyclic amines) is 1. The monoisotopic (exact) mass is 440 g/mol. The molecule has 0 spiro atoms. The number of rotatable bonds is 6. The maximum Gasteiger partial charge on any atom is 0.418 e. The van der Waals surface area contributed by atoms with Crippen LogP contribution in [0.1, 0.15) is 51.4 Å². The predicted octanol–water partition coefficient (Wildman–Crippen LogP) is 4.98. The van der Waals surface area contributed by atoms with Gasteiger partial charge in [-0.2, -0.15) is 13.2 Å². The fourth-order valence-electron chi connectivity index (χ4n) is 3.31. The Morgan fingerprint density at radius 2 is 1.73 bits per heavy atom. The molecule has 2 aromatic rings. The van der Waals surface area contributed by atoms with Crippen molar-refractivity contribution >= 4 is 17.5 Å². The van der Waals surface area contributed by atoms with Gasteiger partial charge < -0.3 is 0 Å². The van der Waals surface area contributed by atoms with Crippen molar-refractivity contribution in [2.24, 2.45) is 5.41 Å². The number of hydrogen-bond donors (Lipinski definition) is 0. The Balaban J connectivity index is 1.99. The number of piperidine rings is 1. The van der Waals surface area contributed by atoms with Crippen molar-refractivity contribution in [3.8, 4) is 5.69 Å². The topological polar surface area (TPSA) is 51.0 Å². The zero-order valence-corrected chi connectivity index (χ0v) is 18.3. The molecule has 1 aliphatic heterocycles. The number of halogens is 3. The van der Waals surface area contributed by atoms with Gasteiger partial charge in [0.25, 0.3) is 0 Å². The van der Waals surface area contributed by atoms with Gasteiger partial charge in [-0.25, -0.2) is 0 Å². The first-order chi connectivity index (χ1) is 14.1. The Morgan fingerprint density at radius 3 is 2.37 bits per heavy atom. The third-order valence-electron chi connectivity index (χ3n) is 5.13. The molecule has 0 bridgehead atoms. The number of carbonyl (C=O) groups excluding carboxylic acids is 1. The Kier molecular flexibility index (Phi) is 6.91. The van der Waals surface area contributed by atoms with Crippen LogP contribution in [0.2, 0.25) is 0 Å². The van der Waals surface area contributed by atoms with Crippen LogP contribution in [0.15, 0.2) is 29.4 Å². The summed E-state index contributed by atoms with van der Waals surface area (Å²) in [6.45, 7) is 7.66. The lowest BCUT2D eigenvalue weighted by molar-refractivity contribution is -0.137. The first-order valence-electron chi connectivity index (χ1n) is 10.1. The van der Waals surface area contributed by atoms with Crippen LogP contribution in [-0.2, 0) is 17.5 Å². The molecule has 0 atom stereocenters. The lowest BCUT2D eigenvalue weighted by Gasteiger charge is -2.26. The van der Waals surface area contributed by atoms with Gasteiger partial charge in [0.2, 0.25) is 0 Å². The van der Waals surface area contributed by atoms with Crippen molar-refractivity contribution < 1.29 is 18.0 Å². The number of benzene rings is 1. The molecule has 2 heterocycles.